The fourth-order valence-electron chi connectivity index (χ4n) is 0.113. The van der Waals surface area contributed by atoms with Crippen molar-refractivity contribution in [3.8, 4) is 0 Å². The Kier molecular flexibility index (Phi) is 3.22. The lowest BCUT2D eigenvalue weighted by Gasteiger charge is -1.94. The minimum atomic E-state index is -0.431. The van der Waals surface area contributed by atoms with Crippen LogP contribution in [0.4, 0.5) is 4.79 Å². The average Bonchev–Trinajstić information content (AvgIpc) is 1.61. The summed E-state index contributed by atoms with van der Waals surface area (Å²) in [6.07, 6.45) is 1.34. The lowest BCUT2D eigenvalue weighted by atomic mass is 11.1. The summed E-state index contributed by atoms with van der Waals surface area (Å²) in [5, 5.41) is -0.431. The Morgan fingerprint density at radius 2 is 2.43 bits per heavy atom. The number of nitrogens with one attached hydrogen (secondary N) is 2. The van der Waals surface area contributed by atoms with Crippen molar-refractivity contribution in [1.29, 1.82) is 0 Å². The molecule has 0 radical (unpaired) electrons. The smallest absolute Gasteiger partial charge is 0.294 e. The van der Waals surface area contributed by atoms with Gasteiger partial charge in [0.05, 0.1) is 0 Å². The van der Waals surface area contributed by atoms with Gasteiger partial charge < -0.3 is 5.43 Å². The van der Waals surface area contributed by atoms with Crippen molar-refractivity contribution in [3.63, 3.8) is 0 Å². The Morgan fingerprint density at radius 3 is 2.57 bits per heavy atom. The van der Waals surface area contributed by atoms with Crippen LogP contribution >= 0.6 is 12.6 Å². The molecule has 7 heavy (non-hydrogen) atoms. The maximum atomic E-state index is 9.85. The normalized spacial score (nSPS) is 7.00. The molecule has 0 spiro atoms. The lowest BCUT2D eigenvalue weighted by Crippen LogP contribution is -2.28. The van der Waals surface area contributed by atoms with Crippen LogP contribution in [0.5, 0.6) is 0 Å². The third-order valence-electron chi connectivity index (χ3n) is 0.281. The molecule has 4 heteroatoms. The van der Waals surface area contributed by atoms with E-state index in [9.17, 15) is 4.79 Å². The monoisotopic (exact) mass is 118 g/mol. The molecule has 0 aliphatic rings. The number of rotatable bonds is 2. The van der Waals surface area contributed by atoms with Crippen LogP contribution in [-0.2, 0) is 0 Å². The predicted molar refractivity (Wildman–Crippen MR) is 30.9 cm³/mol. The molecule has 0 aliphatic carbocycles. The van der Waals surface area contributed by atoms with Crippen LogP contribution in [0.3, 0.4) is 0 Å². The third-order valence-corrected chi connectivity index (χ3v) is 0.393. The molecule has 0 aliphatic heterocycles. The van der Waals surface area contributed by atoms with Crippen molar-refractivity contribution in [2.75, 3.05) is 0 Å². The van der Waals surface area contributed by atoms with Crippen LogP contribution < -0.4 is 10.9 Å². The van der Waals surface area contributed by atoms with E-state index in [0.717, 1.165) is 0 Å². The van der Waals surface area contributed by atoms with Crippen molar-refractivity contribution in [2.24, 2.45) is 0 Å². The zero-order valence-corrected chi connectivity index (χ0v) is 4.53. The fraction of sp³-hybridized carbons (Fsp3) is 0. The van der Waals surface area contributed by atoms with Crippen molar-refractivity contribution >= 4 is 17.9 Å². The second kappa shape index (κ2) is 3.55. The molecular formula is C3H6N2OS. The second-order valence-corrected chi connectivity index (χ2v) is 1.18. The highest BCUT2D eigenvalue weighted by molar-refractivity contribution is 7.96. The predicted octanol–water partition coefficient (Wildman–Crippen LogP) is 0.274. The summed E-state index contributed by atoms with van der Waals surface area (Å²) in [7, 11) is 0. The van der Waals surface area contributed by atoms with Crippen LogP contribution in [0, 0.1) is 0 Å². The molecule has 2 N–H and O–H groups in total. The molecule has 0 unspecified atom stereocenters. The van der Waals surface area contributed by atoms with E-state index in [1.165, 1.54) is 6.20 Å². The lowest BCUT2D eigenvalue weighted by molar-refractivity contribution is 0.259. The first kappa shape index (κ1) is 6.36. The number of carbonyl (C=O) groups is 1. The van der Waals surface area contributed by atoms with Crippen LogP contribution in [0.25, 0.3) is 0 Å². The Hall–Kier alpha value is -0.640. The molecule has 0 heterocycles. The topological polar surface area (TPSA) is 41.1 Å². The maximum absolute atomic E-state index is 9.85. The van der Waals surface area contributed by atoms with Gasteiger partial charge in [-0.1, -0.05) is 19.2 Å². The highest BCUT2D eigenvalue weighted by Crippen LogP contribution is 1.68. The molecule has 1 amide bonds. The Bertz CT molecular complexity index is 83.0. The van der Waals surface area contributed by atoms with E-state index in [2.05, 4.69) is 30.1 Å². The van der Waals surface area contributed by atoms with E-state index in [-0.39, 0.29) is 0 Å². The minimum Gasteiger partial charge on any atom is -0.306 e. The van der Waals surface area contributed by atoms with Gasteiger partial charge in [0.15, 0.2) is 0 Å². The van der Waals surface area contributed by atoms with Gasteiger partial charge in [0.25, 0.3) is 5.24 Å². The molecule has 0 aromatic carbocycles. The largest absolute Gasteiger partial charge is 0.306 e. The van der Waals surface area contributed by atoms with Crippen LogP contribution in [0.2, 0.25) is 0 Å². The summed E-state index contributed by atoms with van der Waals surface area (Å²) in [5.74, 6) is 0. The summed E-state index contributed by atoms with van der Waals surface area (Å²) < 4.78 is 0. The summed E-state index contributed by atoms with van der Waals surface area (Å²) in [4.78, 5) is 9.85. The van der Waals surface area contributed by atoms with Crippen molar-refractivity contribution in [1.82, 2.24) is 10.9 Å². The van der Waals surface area contributed by atoms with Crippen LogP contribution in [-0.4, -0.2) is 5.24 Å². The molecule has 3 nitrogen and oxygen atoms in total. The minimum absolute atomic E-state index is 0.431. The quantitative estimate of drug-likeness (QED) is 0.360. The number of hydrogen-bond acceptors (Lipinski definition) is 2. The third kappa shape index (κ3) is 5.36. The van der Waals surface area contributed by atoms with E-state index in [1.807, 2.05) is 0 Å². The summed E-state index contributed by atoms with van der Waals surface area (Å²) in [6.45, 7) is 3.27. The molecule has 0 atom stereocenters. The van der Waals surface area contributed by atoms with Crippen LogP contribution in [0.1, 0.15) is 0 Å². The number of hydrogen-bond donors (Lipinski definition) is 3. The Labute approximate surface area is 47.2 Å². The van der Waals surface area contributed by atoms with Gasteiger partial charge in [-0.15, -0.1) is 0 Å². The molecule has 0 fully saturated rings. The molecule has 0 saturated heterocycles. The first-order chi connectivity index (χ1) is 3.27. The highest BCUT2D eigenvalue weighted by Gasteiger charge is 1.80. The van der Waals surface area contributed by atoms with Gasteiger partial charge in [-0.3, -0.25) is 10.2 Å². The maximum Gasteiger partial charge on any atom is 0.294 e. The van der Waals surface area contributed by atoms with Crippen molar-refractivity contribution in [3.05, 3.63) is 12.8 Å². The van der Waals surface area contributed by atoms with E-state index >= 15 is 0 Å². The average molecular weight is 118 g/mol. The van der Waals surface area contributed by atoms with E-state index < -0.39 is 5.24 Å². The Morgan fingerprint density at radius 1 is 1.86 bits per heavy atom. The van der Waals surface area contributed by atoms with Crippen LogP contribution in [0.15, 0.2) is 12.8 Å². The van der Waals surface area contributed by atoms with Gasteiger partial charge in [0.1, 0.15) is 0 Å². The number of thiol groups is 1. The molecule has 0 saturated carbocycles. The SMILES string of the molecule is C=CNNC(=O)S. The highest BCUT2D eigenvalue weighted by atomic mass is 32.1. The van der Waals surface area contributed by atoms with E-state index in [1.54, 1.807) is 0 Å². The van der Waals surface area contributed by atoms with Gasteiger partial charge >= 0.3 is 0 Å². The van der Waals surface area contributed by atoms with Gasteiger partial charge in [-0.2, -0.15) is 0 Å². The van der Waals surface area contributed by atoms with Crippen molar-refractivity contribution in [2.45, 2.75) is 0 Å². The van der Waals surface area contributed by atoms with Crippen molar-refractivity contribution < 1.29 is 4.79 Å². The van der Waals surface area contributed by atoms with E-state index in [4.69, 9.17) is 0 Å². The number of carbonyl (C=O) groups excluding carboxylic acids is 1. The number of hydrazine groups is 1. The first-order valence-electron chi connectivity index (χ1n) is 1.62. The first-order valence-corrected chi connectivity index (χ1v) is 2.07. The summed E-state index contributed by atoms with van der Waals surface area (Å²) in [6, 6.07) is 0. The second-order valence-electron chi connectivity index (χ2n) is 0.779. The van der Waals surface area contributed by atoms with Gasteiger partial charge in [0, 0.05) is 6.20 Å². The molecular weight excluding hydrogens is 112 g/mol. The summed E-state index contributed by atoms with van der Waals surface area (Å²) >= 11 is 3.37. The van der Waals surface area contributed by atoms with Gasteiger partial charge in [-0.05, 0) is 0 Å². The summed E-state index contributed by atoms with van der Waals surface area (Å²) in [5.41, 5.74) is 4.49. The molecule has 0 rings (SSSR count). The Balaban J connectivity index is 2.97. The molecule has 0 aromatic heterocycles. The molecule has 0 aromatic rings. The van der Waals surface area contributed by atoms with Gasteiger partial charge in [-0.25, -0.2) is 0 Å². The standard InChI is InChI=1S/C3H6N2OS/c1-2-4-5-3(6)7/h2,4H,1H2,(H2,5,6,7). The zero-order valence-electron chi connectivity index (χ0n) is 3.64. The van der Waals surface area contributed by atoms with Gasteiger partial charge in [0.2, 0.25) is 0 Å². The number of amides is 1. The molecule has 0 bridgehead atoms. The van der Waals surface area contributed by atoms with E-state index in [0.29, 0.717) is 0 Å². The fourth-order valence-corrected chi connectivity index (χ4v) is 0.177. The zero-order chi connectivity index (χ0) is 5.70. The molecule has 40 valence electrons.